The molecule has 3 aromatic rings. The Labute approximate surface area is 146 Å². The number of carbonyl (C=O) groups is 1. The number of oxazole rings is 1. The molecule has 1 aromatic heterocycles. The number of nitrogens with one attached hydrogen (secondary N) is 1. The monoisotopic (exact) mass is 335 g/mol. The van der Waals surface area contributed by atoms with Crippen LogP contribution in [0.2, 0.25) is 0 Å². The quantitative estimate of drug-likeness (QED) is 0.785. The van der Waals surface area contributed by atoms with Gasteiger partial charge in [-0.05, 0) is 36.6 Å². The number of benzene rings is 2. The molecule has 5 heteroatoms. The Bertz CT molecular complexity index is 882. The molecule has 1 amide bonds. The predicted octanol–water partition coefficient (Wildman–Crippen LogP) is 3.91. The van der Waals surface area contributed by atoms with Gasteiger partial charge in [-0.15, -0.1) is 0 Å². The predicted molar refractivity (Wildman–Crippen MR) is 97.4 cm³/mol. The second-order valence-electron chi connectivity index (χ2n) is 6.44. The maximum Gasteiger partial charge on any atom is 0.249 e. The number of aromatic nitrogens is 1. The van der Waals surface area contributed by atoms with Crippen molar-refractivity contribution in [3.8, 4) is 0 Å². The van der Waals surface area contributed by atoms with E-state index in [4.69, 9.17) is 4.42 Å². The van der Waals surface area contributed by atoms with Gasteiger partial charge in [-0.25, -0.2) is 4.98 Å². The minimum atomic E-state index is -0.398. The molecule has 0 saturated carbocycles. The highest BCUT2D eigenvalue weighted by atomic mass is 16.3. The van der Waals surface area contributed by atoms with Crippen LogP contribution in [0.4, 0.5) is 5.69 Å². The van der Waals surface area contributed by atoms with E-state index in [0.717, 1.165) is 48.3 Å². The molecule has 128 valence electrons. The molecule has 0 radical (unpaired) electrons. The van der Waals surface area contributed by atoms with E-state index in [9.17, 15) is 4.79 Å². The second-order valence-corrected chi connectivity index (χ2v) is 6.44. The van der Waals surface area contributed by atoms with Crippen LogP contribution < -0.4 is 5.32 Å². The SMILES string of the molecule is Cc1nc2cc(NC(C(=O)N3CCCC3)c3ccccc3)ccc2o1. The Morgan fingerprint density at radius 3 is 2.68 bits per heavy atom. The lowest BCUT2D eigenvalue weighted by atomic mass is 10.0. The molecule has 1 unspecified atom stereocenters. The van der Waals surface area contributed by atoms with E-state index in [0.29, 0.717) is 5.89 Å². The summed E-state index contributed by atoms with van der Waals surface area (Å²) in [6.07, 6.45) is 2.16. The summed E-state index contributed by atoms with van der Waals surface area (Å²) >= 11 is 0. The molecule has 4 rings (SSSR count). The van der Waals surface area contributed by atoms with Crippen molar-refractivity contribution < 1.29 is 9.21 Å². The van der Waals surface area contributed by atoms with Crippen molar-refractivity contribution in [1.82, 2.24) is 9.88 Å². The molecule has 1 atom stereocenters. The number of carbonyl (C=O) groups excluding carboxylic acids is 1. The van der Waals surface area contributed by atoms with Crippen molar-refractivity contribution in [2.45, 2.75) is 25.8 Å². The summed E-state index contributed by atoms with van der Waals surface area (Å²) in [5.74, 6) is 0.764. The van der Waals surface area contributed by atoms with Gasteiger partial charge < -0.3 is 14.6 Å². The largest absolute Gasteiger partial charge is 0.441 e. The first-order valence-corrected chi connectivity index (χ1v) is 8.68. The van der Waals surface area contributed by atoms with Crippen LogP contribution >= 0.6 is 0 Å². The standard InChI is InChI=1S/C20H21N3O2/c1-14-21-17-13-16(9-10-18(17)25-14)22-19(15-7-3-2-4-8-15)20(24)23-11-5-6-12-23/h2-4,7-10,13,19,22H,5-6,11-12H2,1H3. The van der Waals surface area contributed by atoms with Crippen LogP contribution in [-0.2, 0) is 4.79 Å². The minimum Gasteiger partial charge on any atom is -0.441 e. The highest BCUT2D eigenvalue weighted by Crippen LogP contribution is 2.26. The van der Waals surface area contributed by atoms with Crippen LogP contribution in [0.15, 0.2) is 52.9 Å². The second kappa shape index (κ2) is 6.59. The van der Waals surface area contributed by atoms with E-state index < -0.39 is 6.04 Å². The van der Waals surface area contributed by atoms with Gasteiger partial charge in [0.1, 0.15) is 11.6 Å². The zero-order valence-electron chi connectivity index (χ0n) is 14.2. The summed E-state index contributed by atoms with van der Waals surface area (Å²) < 4.78 is 5.53. The zero-order valence-corrected chi connectivity index (χ0v) is 14.2. The lowest BCUT2D eigenvalue weighted by Gasteiger charge is -2.25. The van der Waals surface area contributed by atoms with Gasteiger partial charge in [0.05, 0.1) is 0 Å². The fraction of sp³-hybridized carbons (Fsp3) is 0.300. The highest BCUT2D eigenvalue weighted by Gasteiger charge is 2.27. The average molecular weight is 335 g/mol. The van der Waals surface area contributed by atoms with E-state index >= 15 is 0 Å². The number of amides is 1. The van der Waals surface area contributed by atoms with Crippen molar-refractivity contribution in [1.29, 1.82) is 0 Å². The van der Waals surface area contributed by atoms with Crippen molar-refractivity contribution in [3.63, 3.8) is 0 Å². The van der Waals surface area contributed by atoms with E-state index in [1.165, 1.54) is 0 Å². The van der Waals surface area contributed by atoms with Crippen LogP contribution in [0.1, 0.15) is 30.3 Å². The molecule has 1 saturated heterocycles. The van der Waals surface area contributed by atoms with E-state index in [1.807, 2.05) is 60.4 Å². The topological polar surface area (TPSA) is 58.4 Å². The summed E-state index contributed by atoms with van der Waals surface area (Å²) in [6.45, 7) is 3.51. The average Bonchev–Trinajstić information content (AvgIpc) is 3.28. The molecule has 1 aliphatic rings. The summed E-state index contributed by atoms with van der Waals surface area (Å²) in [7, 11) is 0. The molecule has 2 heterocycles. The normalized spacial score (nSPS) is 15.5. The van der Waals surface area contributed by atoms with Gasteiger partial charge in [0.2, 0.25) is 5.91 Å². The molecular weight excluding hydrogens is 314 g/mol. The zero-order chi connectivity index (χ0) is 17.2. The number of fused-ring (bicyclic) bond motifs is 1. The Morgan fingerprint density at radius 1 is 1.16 bits per heavy atom. The number of hydrogen-bond donors (Lipinski definition) is 1. The smallest absolute Gasteiger partial charge is 0.249 e. The molecule has 1 fully saturated rings. The Kier molecular flexibility index (Phi) is 4.14. The summed E-state index contributed by atoms with van der Waals surface area (Å²) in [5, 5.41) is 3.40. The van der Waals surface area contributed by atoms with Gasteiger partial charge in [-0.3, -0.25) is 4.79 Å². The van der Waals surface area contributed by atoms with E-state index in [2.05, 4.69) is 10.3 Å². The number of hydrogen-bond acceptors (Lipinski definition) is 4. The number of anilines is 1. The van der Waals surface area contributed by atoms with Gasteiger partial charge >= 0.3 is 0 Å². The molecule has 0 spiro atoms. The lowest BCUT2D eigenvalue weighted by molar-refractivity contribution is -0.131. The Balaban J connectivity index is 1.65. The third kappa shape index (κ3) is 3.22. The minimum absolute atomic E-state index is 0.125. The van der Waals surface area contributed by atoms with E-state index in [1.54, 1.807) is 0 Å². The molecule has 1 aliphatic heterocycles. The summed E-state index contributed by atoms with van der Waals surface area (Å²) in [5.41, 5.74) is 3.38. The van der Waals surface area contributed by atoms with Gasteiger partial charge in [-0.2, -0.15) is 0 Å². The fourth-order valence-corrected chi connectivity index (χ4v) is 3.35. The van der Waals surface area contributed by atoms with Crippen LogP contribution in [-0.4, -0.2) is 28.9 Å². The third-order valence-electron chi connectivity index (χ3n) is 4.60. The molecule has 5 nitrogen and oxygen atoms in total. The Hall–Kier alpha value is -2.82. The third-order valence-corrected chi connectivity index (χ3v) is 4.60. The lowest BCUT2D eigenvalue weighted by Crippen LogP contribution is -2.36. The Morgan fingerprint density at radius 2 is 1.92 bits per heavy atom. The first-order valence-electron chi connectivity index (χ1n) is 8.68. The number of likely N-dealkylation sites (tertiary alicyclic amines) is 1. The van der Waals surface area contributed by atoms with Crippen molar-refractivity contribution in [3.05, 3.63) is 60.0 Å². The summed E-state index contributed by atoms with van der Waals surface area (Å²) in [4.78, 5) is 19.4. The van der Waals surface area contributed by atoms with Crippen LogP contribution in [0.3, 0.4) is 0 Å². The van der Waals surface area contributed by atoms with Crippen molar-refractivity contribution >= 4 is 22.7 Å². The van der Waals surface area contributed by atoms with Crippen molar-refractivity contribution in [2.75, 3.05) is 18.4 Å². The van der Waals surface area contributed by atoms with Crippen LogP contribution in [0.25, 0.3) is 11.1 Å². The van der Waals surface area contributed by atoms with Crippen molar-refractivity contribution in [2.24, 2.45) is 0 Å². The molecular formula is C20H21N3O2. The molecule has 0 aliphatic carbocycles. The fourth-order valence-electron chi connectivity index (χ4n) is 3.35. The maximum atomic E-state index is 13.0. The number of rotatable bonds is 4. The molecule has 1 N–H and O–H groups in total. The highest BCUT2D eigenvalue weighted by molar-refractivity contribution is 5.87. The van der Waals surface area contributed by atoms with Crippen LogP contribution in [0.5, 0.6) is 0 Å². The molecule has 0 bridgehead atoms. The van der Waals surface area contributed by atoms with Gasteiger partial charge in [-0.1, -0.05) is 30.3 Å². The molecule has 25 heavy (non-hydrogen) atoms. The van der Waals surface area contributed by atoms with Crippen LogP contribution in [0, 0.1) is 6.92 Å². The van der Waals surface area contributed by atoms with Gasteiger partial charge in [0.25, 0.3) is 0 Å². The van der Waals surface area contributed by atoms with Gasteiger partial charge in [0.15, 0.2) is 11.5 Å². The summed E-state index contributed by atoms with van der Waals surface area (Å²) in [6, 6.07) is 15.2. The number of aryl methyl sites for hydroxylation is 1. The first-order chi connectivity index (χ1) is 12.2. The van der Waals surface area contributed by atoms with Gasteiger partial charge in [0, 0.05) is 25.7 Å². The number of nitrogens with zero attached hydrogens (tertiary/aromatic N) is 2. The first kappa shape index (κ1) is 15.7. The van der Waals surface area contributed by atoms with E-state index in [-0.39, 0.29) is 5.91 Å². The molecule has 2 aromatic carbocycles. The maximum absolute atomic E-state index is 13.0.